The van der Waals surface area contributed by atoms with Crippen molar-refractivity contribution in [3.05, 3.63) is 35.9 Å². The second kappa shape index (κ2) is 11.7. The molecule has 1 atom stereocenters. The Labute approximate surface area is 158 Å². The Morgan fingerprint density at radius 1 is 1.17 bits per heavy atom. The van der Waals surface area contributed by atoms with E-state index in [0.29, 0.717) is 0 Å². The summed E-state index contributed by atoms with van der Waals surface area (Å²) in [5.74, 6) is 0.833. The fourth-order valence-electron chi connectivity index (χ4n) is 2.30. The minimum atomic E-state index is 0. The monoisotopic (exact) mass is 433 g/mol. The molecular formula is C18H32IN3O. The molecule has 0 bridgehead atoms. The molecule has 1 aromatic carbocycles. The largest absolute Gasteiger partial charge is 0.379 e. The standard InChI is InChI=1S/C18H31N3O.HI/c1-18(2,3)16(22-5)14-21-17(19-4)20-13-9-12-15-10-7-6-8-11-15;/h6-8,10-11,16H,9,12-14H2,1-5H3,(H2,19,20,21);1H. The molecule has 0 aliphatic heterocycles. The Balaban J connectivity index is 0.00000484. The summed E-state index contributed by atoms with van der Waals surface area (Å²) in [6.07, 6.45) is 2.31. The van der Waals surface area contributed by atoms with Crippen molar-refractivity contribution in [3.8, 4) is 0 Å². The summed E-state index contributed by atoms with van der Waals surface area (Å²) in [7, 11) is 3.55. The molecule has 0 amide bonds. The van der Waals surface area contributed by atoms with Crippen LogP contribution in [0.2, 0.25) is 0 Å². The van der Waals surface area contributed by atoms with E-state index in [4.69, 9.17) is 4.74 Å². The number of rotatable bonds is 7. The lowest BCUT2D eigenvalue weighted by Crippen LogP contribution is -2.45. The van der Waals surface area contributed by atoms with Crippen molar-refractivity contribution in [1.29, 1.82) is 0 Å². The van der Waals surface area contributed by atoms with Crippen LogP contribution in [0.5, 0.6) is 0 Å². The van der Waals surface area contributed by atoms with Crippen LogP contribution in [0.25, 0.3) is 0 Å². The van der Waals surface area contributed by atoms with Gasteiger partial charge in [0.25, 0.3) is 0 Å². The predicted molar refractivity (Wildman–Crippen MR) is 110 cm³/mol. The van der Waals surface area contributed by atoms with Crippen molar-refractivity contribution >= 4 is 29.9 Å². The quantitative estimate of drug-likeness (QED) is 0.300. The highest BCUT2D eigenvalue weighted by atomic mass is 127. The van der Waals surface area contributed by atoms with Crippen LogP contribution in [-0.2, 0) is 11.2 Å². The van der Waals surface area contributed by atoms with Gasteiger partial charge in [0.2, 0.25) is 0 Å². The maximum absolute atomic E-state index is 5.55. The molecule has 1 rings (SSSR count). The fourth-order valence-corrected chi connectivity index (χ4v) is 2.30. The average Bonchev–Trinajstić information content (AvgIpc) is 2.49. The lowest BCUT2D eigenvalue weighted by Gasteiger charge is -2.30. The first-order chi connectivity index (χ1) is 10.5. The molecule has 0 aliphatic rings. The van der Waals surface area contributed by atoms with Crippen LogP contribution >= 0.6 is 24.0 Å². The zero-order chi connectivity index (χ0) is 16.4. The molecule has 0 fully saturated rings. The molecule has 23 heavy (non-hydrogen) atoms. The molecule has 1 unspecified atom stereocenters. The van der Waals surface area contributed by atoms with Crippen LogP contribution in [-0.4, -0.2) is 39.3 Å². The third-order valence-corrected chi connectivity index (χ3v) is 3.71. The highest BCUT2D eigenvalue weighted by Crippen LogP contribution is 2.20. The van der Waals surface area contributed by atoms with Crippen molar-refractivity contribution < 1.29 is 4.74 Å². The molecule has 0 saturated carbocycles. The lowest BCUT2D eigenvalue weighted by molar-refractivity contribution is 0.0205. The minimum absolute atomic E-state index is 0. The number of hydrogen-bond donors (Lipinski definition) is 2. The van der Waals surface area contributed by atoms with Crippen LogP contribution in [0.3, 0.4) is 0 Å². The summed E-state index contributed by atoms with van der Waals surface area (Å²) in [6, 6.07) is 10.6. The van der Waals surface area contributed by atoms with E-state index in [0.717, 1.165) is 31.9 Å². The molecule has 132 valence electrons. The maximum Gasteiger partial charge on any atom is 0.191 e. The van der Waals surface area contributed by atoms with Crippen molar-refractivity contribution in [2.24, 2.45) is 10.4 Å². The minimum Gasteiger partial charge on any atom is -0.379 e. The number of hydrogen-bond acceptors (Lipinski definition) is 2. The van der Waals surface area contributed by atoms with Gasteiger partial charge in [-0.1, -0.05) is 51.1 Å². The van der Waals surface area contributed by atoms with Crippen LogP contribution in [0.4, 0.5) is 0 Å². The number of guanidine groups is 1. The van der Waals surface area contributed by atoms with E-state index in [1.165, 1.54) is 5.56 Å². The van der Waals surface area contributed by atoms with E-state index in [9.17, 15) is 0 Å². The Morgan fingerprint density at radius 2 is 1.83 bits per heavy atom. The normalized spacial score (nSPS) is 13.2. The van der Waals surface area contributed by atoms with Gasteiger partial charge >= 0.3 is 0 Å². The molecule has 0 heterocycles. The van der Waals surface area contributed by atoms with Crippen LogP contribution < -0.4 is 10.6 Å². The number of halogens is 1. The molecule has 5 heteroatoms. The Hall–Kier alpha value is -0.820. The van der Waals surface area contributed by atoms with Crippen LogP contribution in [0.15, 0.2) is 35.3 Å². The highest BCUT2D eigenvalue weighted by molar-refractivity contribution is 14.0. The van der Waals surface area contributed by atoms with E-state index < -0.39 is 0 Å². The number of ether oxygens (including phenoxy) is 1. The van der Waals surface area contributed by atoms with Crippen molar-refractivity contribution in [1.82, 2.24) is 10.6 Å². The van der Waals surface area contributed by atoms with Crippen molar-refractivity contribution in [2.75, 3.05) is 27.2 Å². The molecule has 4 nitrogen and oxygen atoms in total. The number of aliphatic imine (C=N–C) groups is 1. The number of nitrogens with one attached hydrogen (secondary N) is 2. The first-order valence-electron chi connectivity index (χ1n) is 7.98. The summed E-state index contributed by atoms with van der Waals surface area (Å²) in [4.78, 5) is 4.26. The van der Waals surface area contributed by atoms with Gasteiger partial charge in [-0.15, -0.1) is 24.0 Å². The fraction of sp³-hybridized carbons (Fsp3) is 0.611. The van der Waals surface area contributed by atoms with Gasteiger partial charge < -0.3 is 15.4 Å². The highest BCUT2D eigenvalue weighted by Gasteiger charge is 2.24. The first kappa shape index (κ1) is 22.2. The Kier molecular flexibility index (Phi) is 11.3. The average molecular weight is 433 g/mol. The molecule has 0 spiro atoms. The van der Waals surface area contributed by atoms with Crippen molar-refractivity contribution in [3.63, 3.8) is 0 Å². The Morgan fingerprint density at radius 3 is 2.35 bits per heavy atom. The molecule has 0 aliphatic carbocycles. The predicted octanol–water partition coefficient (Wildman–Crippen LogP) is 3.46. The smallest absolute Gasteiger partial charge is 0.191 e. The Bertz CT molecular complexity index is 443. The second-order valence-electron chi connectivity index (χ2n) is 6.56. The summed E-state index contributed by atoms with van der Waals surface area (Å²) in [6.45, 7) is 8.19. The van der Waals surface area contributed by atoms with E-state index in [-0.39, 0.29) is 35.5 Å². The molecule has 0 saturated heterocycles. The number of benzene rings is 1. The van der Waals surface area contributed by atoms with Gasteiger partial charge in [-0.3, -0.25) is 4.99 Å². The number of aryl methyl sites for hydroxylation is 1. The van der Waals surface area contributed by atoms with Gasteiger partial charge in [0.05, 0.1) is 6.10 Å². The van der Waals surface area contributed by atoms with Gasteiger partial charge in [0.15, 0.2) is 5.96 Å². The lowest BCUT2D eigenvalue weighted by atomic mass is 9.89. The second-order valence-corrected chi connectivity index (χ2v) is 6.56. The zero-order valence-corrected chi connectivity index (χ0v) is 17.4. The van der Waals surface area contributed by atoms with Crippen LogP contribution in [0, 0.1) is 5.41 Å². The maximum atomic E-state index is 5.55. The van der Waals surface area contributed by atoms with Crippen LogP contribution in [0.1, 0.15) is 32.8 Å². The van der Waals surface area contributed by atoms with Crippen molar-refractivity contribution in [2.45, 2.75) is 39.7 Å². The molecule has 0 aromatic heterocycles. The van der Waals surface area contributed by atoms with Gasteiger partial charge in [-0.05, 0) is 23.8 Å². The zero-order valence-electron chi connectivity index (χ0n) is 15.1. The van der Waals surface area contributed by atoms with E-state index in [1.54, 1.807) is 14.2 Å². The summed E-state index contributed by atoms with van der Waals surface area (Å²) in [5.41, 5.74) is 1.48. The SMILES string of the molecule is CN=C(NCCCc1ccccc1)NCC(OC)C(C)(C)C.I. The molecule has 1 aromatic rings. The number of nitrogens with zero attached hydrogens (tertiary/aromatic N) is 1. The topological polar surface area (TPSA) is 45.7 Å². The van der Waals surface area contributed by atoms with E-state index in [2.05, 4.69) is 66.7 Å². The first-order valence-corrected chi connectivity index (χ1v) is 7.98. The van der Waals surface area contributed by atoms with Gasteiger partial charge in [0, 0.05) is 27.2 Å². The summed E-state index contributed by atoms with van der Waals surface area (Å²) in [5, 5.41) is 6.69. The van der Waals surface area contributed by atoms with Gasteiger partial charge in [-0.25, -0.2) is 0 Å². The van der Waals surface area contributed by atoms with Gasteiger partial charge in [-0.2, -0.15) is 0 Å². The third kappa shape index (κ3) is 9.15. The molecule has 0 radical (unpaired) electrons. The third-order valence-electron chi connectivity index (χ3n) is 3.71. The summed E-state index contributed by atoms with van der Waals surface area (Å²) >= 11 is 0. The van der Waals surface area contributed by atoms with Gasteiger partial charge in [0.1, 0.15) is 0 Å². The summed E-state index contributed by atoms with van der Waals surface area (Å²) < 4.78 is 5.55. The molecule has 2 N–H and O–H groups in total. The van der Waals surface area contributed by atoms with E-state index >= 15 is 0 Å². The molecular weight excluding hydrogens is 401 g/mol. The number of methoxy groups -OCH3 is 1. The van der Waals surface area contributed by atoms with E-state index in [1.807, 2.05) is 0 Å².